The SMILES string of the molecule is O=Cc1cc2cc3nc(cc4ccc(cc5nc(cc1[nH]2)C=C5)[nH]4)C=C3. The largest absolute Gasteiger partial charge is 0.355 e. The van der Waals surface area contributed by atoms with E-state index < -0.39 is 0 Å². The standard InChI is InChI=1S/C21H14N4O/c26-12-13-7-20-10-18-4-3-16(23-18)8-14-1-2-15(22-14)9-17-5-6-19(24-17)11-21(13)25-20/h1-12,22,25H. The Morgan fingerprint density at radius 3 is 1.77 bits per heavy atom. The van der Waals surface area contributed by atoms with Crippen LogP contribution in [-0.4, -0.2) is 26.2 Å². The van der Waals surface area contributed by atoms with E-state index in [9.17, 15) is 4.79 Å². The van der Waals surface area contributed by atoms with E-state index in [2.05, 4.69) is 19.9 Å². The fourth-order valence-electron chi connectivity index (χ4n) is 3.14. The van der Waals surface area contributed by atoms with Gasteiger partial charge < -0.3 is 9.97 Å². The fourth-order valence-corrected chi connectivity index (χ4v) is 3.14. The predicted molar refractivity (Wildman–Crippen MR) is 104 cm³/mol. The van der Waals surface area contributed by atoms with Crippen molar-refractivity contribution >= 4 is 52.7 Å². The third kappa shape index (κ3) is 2.65. The van der Waals surface area contributed by atoms with Crippen molar-refractivity contribution in [2.24, 2.45) is 0 Å². The van der Waals surface area contributed by atoms with Gasteiger partial charge in [-0.1, -0.05) is 0 Å². The molecular weight excluding hydrogens is 324 g/mol. The number of nitrogens with one attached hydrogen (secondary N) is 2. The minimum Gasteiger partial charge on any atom is -0.355 e. The van der Waals surface area contributed by atoms with Gasteiger partial charge in [-0.15, -0.1) is 0 Å². The van der Waals surface area contributed by atoms with Crippen molar-refractivity contribution in [3.63, 3.8) is 0 Å². The first-order valence-corrected chi connectivity index (χ1v) is 8.29. The second-order valence-corrected chi connectivity index (χ2v) is 6.25. The molecule has 0 saturated carbocycles. The number of carbonyl (C=O) groups is 1. The average molecular weight is 338 g/mol. The third-order valence-corrected chi connectivity index (χ3v) is 4.33. The number of hydrogen-bond donors (Lipinski definition) is 2. The first kappa shape index (κ1) is 14.6. The summed E-state index contributed by atoms with van der Waals surface area (Å²) in [7, 11) is 0. The Morgan fingerprint density at radius 1 is 0.654 bits per heavy atom. The van der Waals surface area contributed by atoms with Crippen LogP contribution in [-0.2, 0) is 0 Å². The highest BCUT2D eigenvalue weighted by Gasteiger charge is 2.04. The Kier molecular flexibility index (Phi) is 3.18. The van der Waals surface area contributed by atoms with Gasteiger partial charge in [-0.3, -0.25) is 4.79 Å². The molecule has 0 atom stereocenters. The maximum atomic E-state index is 11.4. The zero-order chi connectivity index (χ0) is 17.5. The van der Waals surface area contributed by atoms with Crippen LogP contribution in [0.2, 0.25) is 0 Å². The number of aromatic amines is 2. The molecule has 26 heavy (non-hydrogen) atoms. The number of hydrogen-bond acceptors (Lipinski definition) is 3. The van der Waals surface area contributed by atoms with Crippen molar-refractivity contribution in [1.82, 2.24) is 19.9 Å². The lowest BCUT2D eigenvalue weighted by Gasteiger charge is -1.86. The molecule has 5 rings (SSSR count). The zero-order valence-electron chi connectivity index (χ0n) is 13.7. The molecule has 5 heterocycles. The van der Waals surface area contributed by atoms with Crippen LogP contribution in [0.25, 0.3) is 46.4 Å². The molecule has 8 bridgehead atoms. The highest BCUT2D eigenvalue weighted by Crippen LogP contribution is 2.18. The molecule has 3 aromatic rings. The Hall–Kier alpha value is -3.73. The van der Waals surface area contributed by atoms with Crippen LogP contribution in [0.4, 0.5) is 0 Å². The molecule has 0 radical (unpaired) electrons. The molecule has 0 fully saturated rings. The number of nitrogens with zero attached hydrogens (tertiary/aromatic N) is 2. The highest BCUT2D eigenvalue weighted by molar-refractivity contribution is 5.90. The lowest BCUT2D eigenvalue weighted by atomic mass is 10.2. The van der Waals surface area contributed by atoms with Gasteiger partial charge in [0.2, 0.25) is 0 Å². The molecule has 0 amide bonds. The van der Waals surface area contributed by atoms with Gasteiger partial charge in [-0.25, -0.2) is 9.97 Å². The van der Waals surface area contributed by atoms with Gasteiger partial charge in [0.1, 0.15) is 0 Å². The number of H-pyrrole nitrogens is 2. The summed E-state index contributed by atoms with van der Waals surface area (Å²) in [5.74, 6) is 0. The fraction of sp³-hybridized carbons (Fsp3) is 0. The second kappa shape index (κ2) is 5.67. The highest BCUT2D eigenvalue weighted by atomic mass is 16.1. The summed E-state index contributed by atoms with van der Waals surface area (Å²) in [6.45, 7) is 0. The summed E-state index contributed by atoms with van der Waals surface area (Å²) in [6.07, 6.45) is 8.66. The maximum absolute atomic E-state index is 11.4. The summed E-state index contributed by atoms with van der Waals surface area (Å²) in [5, 5.41) is 0. The van der Waals surface area contributed by atoms with Crippen molar-refractivity contribution in [2.45, 2.75) is 0 Å². The third-order valence-electron chi connectivity index (χ3n) is 4.33. The number of aldehydes is 1. The summed E-state index contributed by atoms with van der Waals surface area (Å²) >= 11 is 0. The van der Waals surface area contributed by atoms with Crippen LogP contribution in [0.3, 0.4) is 0 Å². The van der Waals surface area contributed by atoms with Crippen molar-refractivity contribution in [3.05, 3.63) is 70.8 Å². The Balaban J connectivity index is 1.88. The number of carbonyl (C=O) groups excluding carboxylic acids is 1. The Morgan fingerprint density at radius 2 is 1.19 bits per heavy atom. The summed E-state index contributed by atoms with van der Waals surface area (Å²) in [6, 6.07) is 13.6. The van der Waals surface area contributed by atoms with Gasteiger partial charge >= 0.3 is 0 Å². The molecule has 0 aromatic carbocycles. The van der Waals surface area contributed by atoms with Crippen LogP contribution >= 0.6 is 0 Å². The Bertz CT molecular complexity index is 1260. The molecule has 0 spiro atoms. The summed E-state index contributed by atoms with van der Waals surface area (Å²) in [4.78, 5) is 27.2. The molecule has 124 valence electrons. The van der Waals surface area contributed by atoms with E-state index in [-0.39, 0.29) is 0 Å². The monoisotopic (exact) mass is 338 g/mol. The molecule has 2 aliphatic heterocycles. The second-order valence-electron chi connectivity index (χ2n) is 6.25. The minimum absolute atomic E-state index is 0.598. The van der Waals surface area contributed by atoms with Gasteiger partial charge in [0.05, 0.1) is 28.3 Å². The van der Waals surface area contributed by atoms with Crippen LogP contribution in [0, 0.1) is 0 Å². The van der Waals surface area contributed by atoms with E-state index in [1.165, 1.54) is 0 Å². The first-order chi connectivity index (χ1) is 12.7. The molecule has 3 aromatic heterocycles. The van der Waals surface area contributed by atoms with Gasteiger partial charge in [0.25, 0.3) is 0 Å². The quantitative estimate of drug-likeness (QED) is 0.443. The number of rotatable bonds is 1. The van der Waals surface area contributed by atoms with E-state index in [1.807, 2.05) is 66.8 Å². The van der Waals surface area contributed by atoms with Crippen LogP contribution in [0.15, 0.2) is 42.5 Å². The van der Waals surface area contributed by atoms with E-state index in [0.29, 0.717) is 5.56 Å². The van der Waals surface area contributed by atoms with Crippen molar-refractivity contribution in [3.8, 4) is 0 Å². The van der Waals surface area contributed by atoms with Crippen molar-refractivity contribution in [2.75, 3.05) is 0 Å². The van der Waals surface area contributed by atoms with E-state index in [1.54, 1.807) is 0 Å². The zero-order valence-corrected chi connectivity index (χ0v) is 13.7. The molecule has 5 heteroatoms. The number of fused-ring (bicyclic) bond motifs is 8. The van der Waals surface area contributed by atoms with Gasteiger partial charge in [-0.05, 0) is 66.8 Å². The molecule has 2 aliphatic rings. The maximum Gasteiger partial charge on any atom is 0.152 e. The smallest absolute Gasteiger partial charge is 0.152 e. The molecule has 5 nitrogen and oxygen atoms in total. The first-order valence-electron chi connectivity index (χ1n) is 8.29. The van der Waals surface area contributed by atoms with Crippen LogP contribution in [0.5, 0.6) is 0 Å². The lowest BCUT2D eigenvalue weighted by Crippen LogP contribution is -1.77. The molecule has 0 aliphatic carbocycles. The lowest BCUT2D eigenvalue weighted by molar-refractivity contribution is 0.112. The van der Waals surface area contributed by atoms with E-state index >= 15 is 0 Å². The summed E-state index contributed by atoms with van der Waals surface area (Å²) in [5.41, 5.74) is 7.49. The molecule has 0 unspecified atom stereocenters. The van der Waals surface area contributed by atoms with Gasteiger partial charge in [0, 0.05) is 22.1 Å². The normalized spacial score (nSPS) is 12.5. The predicted octanol–water partition coefficient (Wildman–Crippen LogP) is 4.47. The molecule has 2 N–H and O–H groups in total. The van der Waals surface area contributed by atoms with E-state index in [0.717, 1.165) is 51.1 Å². The van der Waals surface area contributed by atoms with Crippen molar-refractivity contribution < 1.29 is 4.79 Å². The van der Waals surface area contributed by atoms with Crippen LogP contribution in [0.1, 0.15) is 33.1 Å². The molecular formula is C21H14N4O. The summed E-state index contributed by atoms with van der Waals surface area (Å²) < 4.78 is 0. The van der Waals surface area contributed by atoms with Gasteiger partial charge in [-0.2, -0.15) is 0 Å². The van der Waals surface area contributed by atoms with Crippen molar-refractivity contribution in [1.29, 1.82) is 0 Å². The minimum atomic E-state index is 0.598. The average Bonchev–Trinajstić information content (AvgIpc) is 3.39. The van der Waals surface area contributed by atoms with Crippen LogP contribution < -0.4 is 0 Å². The number of aromatic nitrogens is 4. The van der Waals surface area contributed by atoms with Gasteiger partial charge in [0.15, 0.2) is 6.29 Å². The topological polar surface area (TPSA) is 74.4 Å². The Labute approximate surface area is 148 Å². The van der Waals surface area contributed by atoms with E-state index in [4.69, 9.17) is 0 Å². The molecule has 0 saturated heterocycles.